The van der Waals surface area contributed by atoms with Gasteiger partial charge in [-0.15, -0.1) is 0 Å². The molecular weight excluding hydrogens is 526 g/mol. The van der Waals surface area contributed by atoms with Crippen LogP contribution in [0.5, 0.6) is 0 Å². The fraction of sp³-hybridized carbons (Fsp3) is 0.367. The summed E-state index contributed by atoms with van der Waals surface area (Å²) >= 11 is 0. The van der Waals surface area contributed by atoms with E-state index in [1.165, 1.54) is 6.08 Å². The first kappa shape index (κ1) is 27.8. The Morgan fingerprint density at radius 3 is 2.42 bits per heavy atom. The number of morpholine rings is 1. The molecule has 0 bridgehead atoms. The standard InChI is InChI=1S/C30H33N5O4S/c1-22-15-23(2)20-34(19-22)40(37,38)28-10-6-7-24(17-28)29-26(21-35(32-29)27-8-4-3-5-9-27)16-25(18-31)30(36)33-11-13-39-14-12-33/h3-10,16-17,21-23H,11-15,19-20H2,1-2H3. The van der Waals surface area contributed by atoms with Crippen LogP contribution in [0.2, 0.25) is 0 Å². The van der Waals surface area contributed by atoms with Gasteiger partial charge in [0.15, 0.2) is 0 Å². The lowest BCUT2D eigenvalue weighted by atomic mass is 9.94. The SMILES string of the molecule is CC1CC(C)CN(S(=O)(=O)c2cccc(-c3nn(-c4ccccc4)cc3C=C(C#N)C(=O)N3CCOCC3)c2)C1. The Morgan fingerprint density at radius 2 is 1.75 bits per heavy atom. The van der Waals surface area contributed by atoms with Crippen LogP contribution in [-0.4, -0.2) is 72.7 Å². The van der Waals surface area contributed by atoms with Gasteiger partial charge in [-0.3, -0.25) is 4.79 Å². The van der Waals surface area contributed by atoms with Gasteiger partial charge in [0.2, 0.25) is 10.0 Å². The van der Waals surface area contributed by atoms with Gasteiger partial charge in [-0.2, -0.15) is 14.7 Å². The zero-order chi connectivity index (χ0) is 28.3. The summed E-state index contributed by atoms with van der Waals surface area (Å²) in [4.78, 5) is 14.9. The lowest BCUT2D eigenvalue weighted by Crippen LogP contribution is -2.42. The van der Waals surface area contributed by atoms with E-state index in [2.05, 4.69) is 19.9 Å². The number of nitriles is 1. The van der Waals surface area contributed by atoms with E-state index in [-0.39, 0.29) is 28.2 Å². The summed E-state index contributed by atoms with van der Waals surface area (Å²) in [6.07, 6.45) is 4.29. The number of carbonyl (C=O) groups is 1. The maximum atomic E-state index is 13.6. The van der Waals surface area contributed by atoms with E-state index in [1.54, 1.807) is 44.3 Å². The van der Waals surface area contributed by atoms with Gasteiger partial charge in [-0.1, -0.05) is 44.2 Å². The Bertz CT molecular complexity index is 1540. The number of hydrogen-bond acceptors (Lipinski definition) is 6. The molecule has 3 heterocycles. The van der Waals surface area contributed by atoms with Gasteiger partial charge in [0.05, 0.1) is 23.8 Å². The Morgan fingerprint density at radius 1 is 1.05 bits per heavy atom. The van der Waals surface area contributed by atoms with Crippen molar-refractivity contribution in [3.05, 3.63) is 71.9 Å². The van der Waals surface area contributed by atoms with Gasteiger partial charge < -0.3 is 9.64 Å². The number of nitrogens with zero attached hydrogens (tertiary/aromatic N) is 5. The second kappa shape index (κ2) is 11.8. The summed E-state index contributed by atoms with van der Waals surface area (Å²) in [5.41, 5.74) is 2.37. The Balaban J connectivity index is 1.57. The molecule has 2 unspecified atom stereocenters. The normalized spacial score (nSPS) is 20.7. The van der Waals surface area contributed by atoms with E-state index >= 15 is 0 Å². The maximum absolute atomic E-state index is 13.6. The van der Waals surface area contributed by atoms with E-state index in [1.807, 2.05) is 30.3 Å². The predicted octanol–water partition coefficient (Wildman–Crippen LogP) is 3.97. The molecule has 5 rings (SSSR count). The molecule has 2 fully saturated rings. The molecule has 208 valence electrons. The van der Waals surface area contributed by atoms with E-state index < -0.39 is 10.0 Å². The second-order valence-electron chi connectivity index (χ2n) is 10.6. The largest absolute Gasteiger partial charge is 0.378 e. The predicted molar refractivity (Wildman–Crippen MR) is 152 cm³/mol. The molecule has 2 saturated heterocycles. The Labute approximate surface area is 235 Å². The zero-order valence-electron chi connectivity index (χ0n) is 22.7. The van der Waals surface area contributed by atoms with E-state index in [9.17, 15) is 18.5 Å². The van der Waals surface area contributed by atoms with Crippen molar-refractivity contribution in [1.82, 2.24) is 19.0 Å². The number of para-hydroxylation sites is 1. The first-order valence-electron chi connectivity index (χ1n) is 13.5. The van der Waals surface area contributed by atoms with Gasteiger partial charge in [0.1, 0.15) is 17.3 Å². The number of hydrogen-bond donors (Lipinski definition) is 0. The van der Waals surface area contributed by atoms with Gasteiger partial charge in [0, 0.05) is 43.5 Å². The third-order valence-electron chi connectivity index (χ3n) is 7.29. The minimum absolute atomic E-state index is 0.0178. The number of sulfonamides is 1. The van der Waals surface area contributed by atoms with E-state index in [0.717, 1.165) is 12.1 Å². The molecule has 0 spiro atoms. The number of piperidine rings is 1. The van der Waals surface area contributed by atoms with Crippen LogP contribution in [0.3, 0.4) is 0 Å². The average molecular weight is 560 g/mol. The number of ether oxygens (including phenoxy) is 1. The highest BCUT2D eigenvalue weighted by molar-refractivity contribution is 7.89. The number of rotatable bonds is 6. The molecule has 9 nitrogen and oxygen atoms in total. The lowest BCUT2D eigenvalue weighted by molar-refractivity contribution is -0.130. The van der Waals surface area contributed by atoms with E-state index in [4.69, 9.17) is 9.84 Å². The molecule has 40 heavy (non-hydrogen) atoms. The Kier molecular flexibility index (Phi) is 8.17. The highest BCUT2D eigenvalue weighted by atomic mass is 32.2. The molecule has 1 aromatic heterocycles. The van der Waals surface area contributed by atoms with Crippen LogP contribution in [0.15, 0.2) is 71.3 Å². The maximum Gasteiger partial charge on any atom is 0.264 e. The topological polar surface area (TPSA) is 109 Å². The summed E-state index contributed by atoms with van der Waals surface area (Å²) in [6, 6.07) is 18.3. The monoisotopic (exact) mass is 559 g/mol. The van der Waals surface area contributed by atoms with Crippen molar-refractivity contribution in [2.24, 2.45) is 11.8 Å². The summed E-state index contributed by atoms with van der Waals surface area (Å²) < 4.78 is 35.9. The summed E-state index contributed by atoms with van der Waals surface area (Å²) in [7, 11) is -3.71. The zero-order valence-corrected chi connectivity index (χ0v) is 23.5. The fourth-order valence-corrected chi connectivity index (χ4v) is 7.15. The molecule has 10 heteroatoms. The molecule has 2 aromatic carbocycles. The third-order valence-corrected chi connectivity index (χ3v) is 9.12. The smallest absolute Gasteiger partial charge is 0.264 e. The Hall–Kier alpha value is -3.78. The van der Waals surface area contributed by atoms with Crippen molar-refractivity contribution in [1.29, 1.82) is 5.26 Å². The molecule has 0 N–H and O–H groups in total. The fourth-order valence-electron chi connectivity index (χ4n) is 5.42. The van der Waals surface area contributed by atoms with E-state index in [0.29, 0.717) is 56.2 Å². The first-order chi connectivity index (χ1) is 19.3. The van der Waals surface area contributed by atoms with Crippen molar-refractivity contribution >= 4 is 22.0 Å². The van der Waals surface area contributed by atoms with Crippen LogP contribution in [0.4, 0.5) is 0 Å². The molecule has 2 atom stereocenters. The van der Waals surface area contributed by atoms with Gasteiger partial charge >= 0.3 is 0 Å². The van der Waals surface area contributed by atoms with Crippen LogP contribution >= 0.6 is 0 Å². The summed E-state index contributed by atoms with van der Waals surface area (Å²) in [5, 5.41) is 14.7. The summed E-state index contributed by atoms with van der Waals surface area (Å²) in [6.45, 7) is 6.83. The van der Waals surface area contributed by atoms with Crippen molar-refractivity contribution < 1.29 is 17.9 Å². The number of amides is 1. The molecular formula is C30H33N5O4S. The second-order valence-corrected chi connectivity index (χ2v) is 12.5. The van der Waals surface area contributed by atoms with Crippen molar-refractivity contribution in [3.63, 3.8) is 0 Å². The average Bonchev–Trinajstić information content (AvgIpc) is 3.40. The lowest BCUT2D eigenvalue weighted by Gasteiger charge is -2.34. The van der Waals surface area contributed by atoms with Crippen LogP contribution in [0.25, 0.3) is 23.0 Å². The number of aromatic nitrogens is 2. The number of carbonyl (C=O) groups excluding carboxylic acids is 1. The van der Waals surface area contributed by atoms with Crippen molar-refractivity contribution in [2.75, 3.05) is 39.4 Å². The summed E-state index contributed by atoms with van der Waals surface area (Å²) in [5.74, 6) is 0.204. The number of benzene rings is 2. The van der Waals surface area contributed by atoms with Gasteiger partial charge in [-0.25, -0.2) is 13.1 Å². The molecule has 0 radical (unpaired) electrons. The minimum Gasteiger partial charge on any atom is -0.378 e. The van der Waals surface area contributed by atoms with Crippen LogP contribution < -0.4 is 0 Å². The van der Waals surface area contributed by atoms with Crippen LogP contribution in [-0.2, 0) is 19.6 Å². The van der Waals surface area contributed by atoms with Crippen LogP contribution in [0, 0.1) is 23.2 Å². The quantitative estimate of drug-likeness (QED) is 0.334. The van der Waals surface area contributed by atoms with Gasteiger partial charge in [-0.05, 0) is 48.6 Å². The molecule has 2 aliphatic heterocycles. The molecule has 1 amide bonds. The van der Waals surface area contributed by atoms with Crippen molar-refractivity contribution in [3.8, 4) is 23.0 Å². The highest BCUT2D eigenvalue weighted by Crippen LogP contribution is 2.31. The third kappa shape index (κ3) is 5.87. The molecule has 2 aliphatic rings. The van der Waals surface area contributed by atoms with Gasteiger partial charge in [0.25, 0.3) is 5.91 Å². The minimum atomic E-state index is -3.71. The van der Waals surface area contributed by atoms with Crippen LogP contribution in [0.1, 0.15) is 25.8 Å². The highest BCUT2D eigenvalue weighted by Gasteiger charge is 2.32. The van der Waals surface area contributed by atoms with Crippen molar-refractivity contribution in [2.45, 2.75) is 25.2 Å². The molecule has 0 aliphatic carbocycles. The first-order valence-corrected chi connectivity index (χ1v) is 14.9. The molecule has 3 aromatic rings. The molecule has 0 saturated carbocycles.